The summed E-state index contributed by atoms with van der Waals surface area (Å²) >= 11 is 5.50. The first-order chi connectivity index (χ1) is 5.77. The molecule has 4 nitrogen and oxygen atoms in total. The van der Waals surface area contributed by atoms with Crippen LogP contribution in [0, 0.1) is 0 Å². The second-order valence-corrected chi connectivity index (χ2v) is 2.31. The Labute approximate surface area is 74.4 Å². The van der Waals surface area contributed by atoms with Crippen LogP contribution in [0.2, 0.25) is 0 Å². The van der Waals surface area contributed by atoms with Crippen LogP contribution in [0.1, 0.15) is 5.69 Å². The Morgan fingerprint density at radius 2 is 2.42 bits per heavy atom. The molecule has 0 spiro atoms. The Morgan fingerprint density at radius 1 is 1.67 bits per heavy atom. The molecular formula is C7H7ClN2O2. The minimum Gasteiger partial charge on any atom is -0.481 e. The topological polar surface area (TPSA) is 54.7 Å². The summed E-state index contributed by atoms with van der Waals surface area (Å²) in [6.07, 6.45) is 0. The van der Waals surface area contributed by atoms with Crippen LogP contribution in [0.4, 0.5) is 0 Å². The zero-order chi connectivity index (χ0) is 8.97. The number of nitrogens with zero attached hydrogens (tertiary/aromatic N) is 2. The first-order valence-corrected chi connectivity index (χ1v) is 3.54. The van der Waals surface area contributed by atoms with Gasteiger partial charge >= 0.3 is 0 Å². The molecule has 0 radical (unpaired) electrons. The van der Waals surface area contributed by atoms with Gasteiger partial charge in [-0.1, -0.05) is 22.8 Å². The Morgan fingerprint density at radius 3 is 3.00 bits per heavy atom. The number of aromatic nitrogens is 1. The van der Waals surface area contributed by atoms with Gasteiger partial charge in [0, 0.05) is 6.07 Å². The van der Waals surface area contributed by atoms with Gasteiger partial charge in [-0.25, -0.2) is 4.98 Å². The summed E-state index contributed by atoms with van der Waals surface area (Å²) in [5.41, 5.74) is 0.374. The molecule has 0 amide bonds. The monoisotopic (exact) mass is 186 g/mol. The predicted molar refractivity (Wildman–Crippen MR) is 45.0 cm³/mol. The van der Waals surface area contributed by atoms with E-state index in [1.54, 1.807) is 18.2 Å². The molecule has 1 aromatic heterocycles. The second-order valence-electron chi connectivity index (χ2n) is 1.96. The lowest BCUT2D eigenvalue weighted by molar-refractivity contribution is 0.320. The molecule has 0 saturated carbocycles. The Kier molecular flexibility index (Phi) is 2.88. The molecule has 1 rings (SSSR count). The van der Waals surface area contributed by atoms with E-state index in [-0.39, 0.29) is 5.17 Å². The molecule has 1 aromatic rings. The molecule has 0 aliphatic heterocycles. The third kappa shape index (κ3) is 1.85. The normalized spacial score (nSPS) is 11.3. The van der Waals surface area contributed by atoms with Crippen molar-refractivity contribution in [1.82, 2.24) is 4.98 Å². The molecule has 12 heavy (non-hydrogen) atoms. The van der Waals surface area contributed by atoms with Gasteiger partial charge in [0.25, 0.3) is 0 Å². The van der Waals surface area contributed by atoms with Crippen LogP contribution >= 0.6 is 11.6 Å². The molecule has 64 valence electrons. The molecule has 1 heterocycles. The molecule has 0 unspecified atom stereocenters. The van der Waals surface area contributed by atoms with E-state index in [9.17, 15) is 0 Å². The number of hydrogen-bond donors (Lipinski definition) is 1. The molecule has 1 N–H and O–H groups in total. The quantitative estimate of drug-likeness (QED) is 0.432. The predicted octanol–water partition coefficient (Wildman–Crippen LogP) is 1.46. The van der Waals surface area contributed by atoms with Crippen molar-refractivity contribution in [3.05, 3.63) is 23.9 Å². The molecule has 0 fully saturated rings. The highest BCUT2D eigenvalue weighted by Crippen LogP contribution is 2.08. The maximum atomic E-state index is 8.33. The fraction of sp³-hybridized carbons (Fsp3) is 0.143. The molecule has 0 saturated heterocycles. The molecule has 0 aliphatic carbocycles. The van der Waals surface area contributed by atoms with Crippen molar-refractivity contribution in [2.45, 2.75) is 0 Å². The maximum absolute atomic E-state index is 8.33. The van der Waals surface area contributed by atoms with Gasteiger partial charge < -0.3 is 9.94 Å². The smallest absolute Gasteiger partial charge is 0.213 e. The van der Waals surface area contributed by atoms with Crippen molar-refractivity contribution in [1.29, 1.82) is 0 Å². The summed E-state index contributed by atoms with van der Waals surface area (Å²) in [6.45, 7) is 0. The standard InChI is InChI=1S/C7H7ClN2O2/c1-12-6-4-2-3-5(9-6)7(8)10-11/h2-4,11H,1H3/b10-7-. The van der Waals surface area contributed by atoms with Gasteiger partial charge in [0.1, 0.15) is 5.69 Å². The number of pyridine rings is 1. The van der Waals surface area contributed by atoms with Gasteiger partial charge in [0.15, 0.2) is 5.17 Å². The maximum Gasteiger partial charge on any atom is 0.213 e. The number of rotatable bonds is 2. The lowest BCUT2D eigenvalue weighted by Gasteiger charge is -1.99. The first kappa shape index (κ1) is 8.80. The number of oxime groups is 1. The number of methoxy groups -OCH3 is 1. The molecule has 0 bridgehead atoms. The lowest BCUT2D eigenvalue weighted by atomic mass is 10.4. The van der Waals surface area contributed by atoms with Crippen LogP contribution in [0.25, 0.3) is 0 Å². The van der Waals surface area contributed by atoms with Crippen LogP contribution in [-0.2, 0) is 0 Å². The van der Waals surface area contributed by atoms with Crippen LogP contribution < -0.4 is 4.74 Å². The first-order valence-electron chi connectivity index (χ1n) is 3.17. The third-order valence-electron chi connectivity index (χ3n) is 1.23. The summed E-state index contributed by atoms with van der Waals surface area (Å²) in [5.74, 6) is 0.425. The van der Waals surface area contributed by atoms with Gasteiger partial charge in [0.2, 0.25) is 5.88 Å². The van der Waals surface area contributed by atoms with Crippen molar-refractivity contribution >= 4 is 16.8 Å². The summed E-state index contributed by atoms with van der Waals surface area (Å²) in [7, 11) is 1.50. The molecule has 0 atom stereocenters. The van der Waals surface area contributed by atoms with E-state index in [4.69, 9.17) is 21.5 Å². The van der Waals surface area contributed by atoms with Crippen LogP contribution in [0.3, 0.4) is 0 Å². The number of halogens is 1. The minimum absolute atomic E-state index is 0.0612. The van der Waals surface area contributed by atoms with E-state index >= 15 is 0 Å². The highest BCUT2D eigenvalue weighted by atomic mass is 35.5. The Bertz CT molecular complexity index is 301. The van der Waals surface area contributed by atoms with E-state index in [0.717, 1.165) is 0 Å². The van der Waals surface area contributed by atoms with Gasteiger partial charge in [-0.05, 0) is 6.07 Å². The van der Waals surface area contributed by atoms with Gasteiger partial charge in [-0.3, -0.25) is 0 Å². The van der Waals surface area contributed by atoms with Crippen LogP contribution in [0.15, 0.2) is 23.4 Å². The van der Waals surface area contributed by atoms with Crippen molar-refractivity contribution < 1.29 is 9.94 Å². The highest BCUT2D eigenvalue weighted by Gasteiger charge is 2.02. The van der Waals surface area contributed by atoms with Gasteiger partial charge in [-0.2, -0.15) is 0 Å². The second kappa shape index (κ2) is 3.92. The Balaban J connectivity index is 3.02. The SMILES string of the molecule is COc1cccc(/C(Cl)=N/O)n1. The molecule has 5 heteroatoms. The average Bonchev–Trinajstić information content (AvgIpc) is 2.17. The van der Waals surface area contributed by atoms with Crippen molar-refractivity contribution in [3.8, 4) is 5.88 Å². The van der Waals surface area contributed by atoms with E-state index < -0.39 is 0 Å². The highest BCUT2D eigenvalue weighted by molar-refractivity contribution is 6.69. The average molecular weight is 187 g/mol. The summed E-state index contributed by atoms with van der Waals surface area (Å²) in [4.78, 5) is 3.92. The number of hydrogen-bond acceptors (Lipinski definition) is 4. The van der Waals surface area contributed by atoms with E-state index in [1.807, 2.05) is 0 Å². The lowest BCUT2D eigenvalue weighted by Crippen LogP contribution is -1.97. The van der Waals surface area contributed by atoms with Gasteiger partial charge in [0.05, 0.1) is 7.11 Å². The molecular weight excluding hydrogens is 180 g/mol. The fourth-order valence-corrected chi connectivity index (χ4v) is 0.800. The van der Waals surface area contributed by atoms with E-state index in [2.05, 4.69) is 10.1 Å². The van der Waals surface area contributed by atoms with Crippen LogP contribution in [0.5, 0.6) is 5.88 Å². The summed E-state index contributed by atoms with van der Waals surface area (Å²) < 4.78 is 4.84. The van der Waals surface area contributed by atoms with E-state index in [0.29, 0.717) is 11.6 Å². The molecule has 0 aromatic carbocycles. The van der Waals surface area contributed by atoms with Crippen molar-refractivity contribution in [2.75, 3.05) is 7.11 Å². The third-order valence-corrected chi connectivity index (χ3v) is 1.50. The van der Waals surface area contributed by atoms with Gasteiger partial charge in [-0.15, -0.1) is 0 Å². The summed E-state index contributed by atoms with van der Waals surface area (Å²) in [6, 6.07) is 4.99. The largest absolute Gasteiger partial charge is 0.481 e. The number of ether oxygens (including phenoxy) is 1. The molecule has 0 aliphatic rings. The van der Waals surface area contributed by atoms with Crippen molar-refractivity contribution in [2.24, 2.45) is 5.16 Å². The van der Waals surface area contributed by atoms with Crippen LogP contribution in [-0.4, -0.2) is 22.5 Å². The fourth-order valence-electron chi connectivity index (χ4n) is 0.695. The minimum atomic E-state index is -0.0612. The summed E-state index contributed by atoms with van der Waals surface area (Å²) in [5, 5.41) is 11.1. The zero-order valence-corrected chi connectivity index (χ0v) is 7.12. The Hall–Kier alpha value is -1.29. The zero-order valence-electron chi connectivity index (χ0n) is 6.36. The van der Waals surface area contributed by atoms with E-state index in [1.165, 1.54) is 7.11 Å². The van der Waals surface area contributed by atoms with Crippen molar-refractivity contribution in [3.63, 3.8) is 0 Å².